The van der Waals surface area contributed by atoms with Crippen LogP contribution in [0.1, 0.15) is 16.2 Å². The lowest BCUT2D eigenvalue weighted by Gasteiger charge is -2.16. The summed E-state index contributed by atoms with van der Waals surface area (Å²) in [7, 11) is -2.11. The summed E-state index contributed by atoms with van der Waals surface area (Å²) < 4.78 is 31.3. The highest BCUT2D eigenvalue weighted by Crippen LogP contribution is 2.16. The normalized spacial score (nSPS) is 10.9. The maximum Gasteiger partial charge on any atom is 0.349 e. The van der Waals surface area contributed by atoms with Crippen molar-refractivity contribution in [2.24, 2.45) is 0 Å². The molecule has 0 saturated carbocycles. The highest BCUT2D eigenvalue weighted by Gasteiger charge is 2.27. The number of rotatable bonds is 4. The summed E-state index contributed by atoms with van der Waals surface area (Å²) in [5.74, 6) is -0.973. The Balaban J connectivity index is 2.33. The molecule has 0 radical (unpaired) electrons. The van der Waals surface area contributed by atoms with Crippen LogP contribution in [0.2, 0.25) is 0 Å². The van der Waals surface area contributed by atoms with E-state index in [2.05, 4.69) is 19.7 Å². The molecule has 0 aliphatic rings. The van der Waals surface area contributed by atoms with E-state index in [1.165, 1.54) is 32.2 Å². The molecule has 0 saturated heterocycles. The van der Waals surface area contributed by atoms with Crippen molar-refractivity contribution in [2.45, 2.75) is 11.8 Å². The van der Waals surface area contributed by atoms with E-state index < -0.39 is 32.6 Å². The van der Waals surface area contributed by atoms with Gasteiger partial charge in [-0.05, 0) is 19.1 Å². The number of benzene rings is 1. The third-order valence-corrected chi connectivity index (χ3v) is 4.54. The fourth-order valence-electron chi connectivity index (χ4n) is 1.94. The maximum atomic E-state index is 12.5. The number of methoxy groups -OCH3 is 1. The monoisotopic (exact) mass is 381 g/mol. The molecule has 2 aromatic rings. The minimum absolute atomic E-state index is 0.193. The molecular formula is C14H15N5O6S. The number of nitrogens with zero attached hydrogens (tertiary/aromatic N) is 3. The first kappa shape index (κ1) is 19.1. The van der Waals surface area contributed by atoms with Crippen molar-refractivity contribution in [3.05, 3.63) is 46.1 Å². The molecule has 1 aromatic carbocycles. The number of hydrogen-bond acceptors (Lipinski definition) is 8. The predicted octanol–water partition coefficient (Wildman–Crippen LogP) is -0.205. The number of carbonyl (C=O) groups is 2. The summed E-state index contributed by atoms with van der Waals surface area (Å²) in [5, 5.41) is 0. The van der Waals surface area contributed by atoms with Crippen LogP contribution in [0.15, 0.2) is 34.0 Å². The molecule has 0 aliphatic heterocycles. The number of ether oxygens (including phenoxy) is 1. The highest BCUT2D eigenvalue weighted by molar-refractivity contribution is 7.90. The Morgan fingerprint density at radius 2 is 1.88 bits per heavy atom. The number of aromatic amines is 1. The molecule has 0 spiro atoms. The van der Waals surface area contributed by atoms with Crippen molar-refractivity contribution in [1.82, 2.24) is 19.7 Å². The Kier molecular flexibility index (Phi) is 5.35. The Labute approximate surface area is 148 Å². The van der Waals surface area contributed by atoms with Crippen LogP contribution >= 0.6 is 0 Å². The van der Waals surface area contributed by atoms with Gasteiger partial charge in [-0.25, -0.2) is 27.5 Å². The van der Waals surface area contributed by atoms with Gasteiger partial charge in [0.15, 0.2) is 0 Å². The highest BCUT2D eigenvalue weighted by atomic mass is 32.2. The van der Waals surface area contributed by atoms with Crippen molar-refractivity contribution in [3.63, 3.8) is 0 Å². The second-order valence-electron chi connectivity index (χ2n) is 5.00. The quantitative estimate of drug-likeness (QED) is 0.691. The molecule has 12 heteroatoms. The van der Waals surface area contributed by atoms with Crippen LogP contribution < -0.4 is 15.3 Å². The van der Waals surface area contributed by atoms with Gasteiger partial charge in [-0.1, -0.05) is 12.1 Å². The van der Waals surface area contributed by atoms with Crippen molar-refractivity contribution in [2.75, 3.05) is 19.1 Å². The van der Waals surface area contributed by atoms with Gasteiger partial charge in [0.1, 0.15) is 10.7 Å². The number of aromatic nitrogens is 3. The summed E-state index contributed by atoms with van der Waals surface area (Å²) in [5.41, 5.74) is -0.979. The van der Waals surface area contributed by atoms with E-state index in [1.54, 1.807) is 4.72 Å². The van der Waals surface area contributed by atoms with Crippen LogP contribution in [0.3, 0.4) is 0 Å². The third kappa shape index (κ3) is 4.03. The molecular weight excluding hydrogens is 366 g/mol. The molecule has 2 amide bonds. The second-order valence-corrected chi connectivity index (χ2v) is 6.65. The second kappa shape index (κ2) is 7.31. The number of anilines is 1. The smallest absolute Gasteiger partial charge is 0.349 e. The topological polar surface area (TPSA) is 151 Å². The van der Waals surface area contributed by atoms with Gasteiger partial charge < -0.3 is 4.74 Å². The fraction of sp³-hybridized carbons (Fsp3) is 0.214. The van der Waals surface area contributed by atoms with E-state index in [4.69, 9.17) is 0 Å². The van der Waals surface area contributed by atoms with E-state index >= 15 is 0 Å². The Bertz CT molecular complexity index is 1020. The van der Waals surface area contributed by atoms with Gasteiger partial charge in [0.2, 0.25) is 5.95 Å². The van der Waals surface area contributed by atoms with Gasteiger partial charge >= 0.3 is 17.7 Å². The summed E-state index contributed by atoms with van der Waals surface area (Å²) in [4.78, 5) is 45.3. The summed E-state index contributed by atoms with van der Waals surface area (Å²) in [6.07, 6.45) is 0. The number of hydrogen-bond donors (Lipinski definition) is 2. The van der Waals surface area contributed by atoms with Gasteiger partial charge in [0.25, 0.3) is 10.0 Å². The first-order valence-electron chi connectivity index (χ1n) is 7.08. The summed E-state index contributed by atoms with van der Waals surface area (Å²) in [6, 6.07) is 4.12. The van der Waals surface area contributed by atoms with Crippen LogP contribution in [0.4, 0.5) is 10.7 Å². The van der Waals surface area contributed by atoms with E-state index in [0.29, 0.717) is 0 Å². The number of amides is 2. The van der Waals surface area contributed by atoms with Gasteiger partial charge in [0, 0.05) is 7.05 Å². The fourth-order valence-corrected chi connectivity index (χ4v) is 3.11. The summed E-state index contributed by atoms with van der Waals surface area (Å²) >= 11 is 0. The Hall–Kier alpha value is -3.28. The van der Waals surface area contributed by atoms with E-state index in [0.717, 1.165) is 18.1 Å². The van der Waals surface area contributed by atoms with Crippen molar-refractivity contribution >= 4 is 28.0 Å². The van der Waals surface area contributed by atoms with Gasteiger partial charge in [-0.15, -0.1) is 0 Å². The average molecular weight is 381 g/mol. The largest absolute Gasteiger partial charge is 0.465 e. The van der Waals surface area contributed by atoms with E-state index in [1.807, 2.05) is 0 Å². The molecule has 138 valence electrons. The molecule has 0 atom stereocenters. The number of carbonyl (C=O) groups excluding carboxylic acids is 2. The van der Waals surface area contributed by atoms with Crippen LogP contribution in [0, 0.1) is 6.92 Å². The minimum atomic E-state index is -4.40. The van der Waals surface area contributed by atoms with Crippen LogP contribution in [0.5, 0.6) is 0 Å². The first-order valence-corrected chi connectivity index (χ1v) is 8.57. The lowest BCUT2D eigenvalue weighted by atomic mass is 10.2. The molecule has 26 heavy (non-hydrogen) atoms. The number of esters is 1. The zero-order valence-corrected chi connectivity index (χ0v) is 14.8. The van der Waals surface area contributed by atoms with Crippen molar-refractivity contribution in [3.8, 4) is 0 Å². The molecule has 0 aliphatic carbocycles. The zero-order valence-electron chi connectivity index (χ0n) is 14.0. The number of H-pyrrole nitrogens is 1. The first-order chi connectivity index (χ1) is 12.2. The Morgan fingerprint density at radius 3 is 2.50 bits per heavy atom. The predicted molar refractivity (Wildman–Crippen MR) is 89.3 cm³/mol. The van der Waals surface area contributed by atoms with Crippen LogP contribution in [0.25, 0.3) is 0 Å². The maximum absolute atomic E-state index is 12.5. The van der Waals surface area contributed by atoms with Gasteiger partial charge in [-0.3, -0.25) is 9.88 Å². The molecule has 0 bridgehead atoms. The number of aryl methyl sites for hydroxylation is 1. The van der Waals surface area contributed by atoms with E-state index in [9.17, 15) is 22.8 Å². The van der Waals surface area contributed by atoms with Gasteiger partial charge in [-0.2, -0.15) is 9.97 Å². The van der Waals surface area contributed by atoms with E-state index in [-0.39, 0.29) is 17.3 Å². The molecule has 0 fully saturated rings. The molecule has 1 heterocycles. The lowest BCUT2D eigenvalue weighted by molar-refractivity contribution is 0.0596. The standard InChI is InChI=1S/C14H15N5O6S/c1-8-15-12(17-13(21)16-8)19(2)14(22)18-26(23,24)10-7-5-4-6-9(10)11(20)25-3/h4-7H,1-3H3,(H,18,22)(H,15,16,17,21). The number of sulfonamides is 1. The Morgan fingerprint density at radius 1 is 1.23 bits per heavy atom. The summed E-state index contributed by atoms with van der Waals surface area (Å²) in [6.45, 7) is 1.47. The SMILES string of the molecule is COC(=O)c1ccccc1S(=O)(=O)NC(=O)N(C)c1nc(C)[nH]c(=O)n1. The molecule has 2 N–H and O–H groups in total. The van der Waals surface area contributed by atoms with Crippen LogP contribution in [-0.4, -0.2) is 49.5 Å². The molecule has 1 aromatic heterocycles. The van der Waals surface area contributed by atoms with Crippen LogP contribution in [-0.2, 0) is 14.8 Å². The minimum Gasteiger partial charge on any atom is -0.465 e. The molecule has 2 rings (SSSR count). The number of urea groups is 1. The average Bonchev–Trinajstić information content (AvgIpc) is 2.59. The molecule has 0 unspecified atom stereocenters. The zero-order chi connectivity index (χ0) is 19.5. The third-order valence-electron chi connectivity index (χ3n) is 3.17. The van der Waals surface area contributed by atoms with Crippen molar-refractivity contribution < 1.29 is 22.7 Å². The number of nitrogens with one attached hydrogen (secondary N) is 2. The van der Waals surface area contributed by atoms with Gasteiger partial charge in [0.05, 0.1) is 12.7 Å². The molecule has 11 nitrogen and oxygen atoms in total. The van der Waals surface area contributed by atoms with Crippen molar-refractivity contribution in [1.29, 1.82) is 0 Å². The lowest BCUT2D eigenvalue weighted by Crippen LogP contribution is -2.42.